The molecule has 0 aliphatic carbocycles. The Kier molecular flexibility index (Phi) is 3.23. The lowest BCUT2D eigenvalue weighted by atomic mass is 10.2. The van der Waals surface area contributed by atoms with E-state index in [1.54, 1.807) is 12.0 Å². The van der Waals surface area contributed by atoms with E-state index in [9.17, 15) is 5.11 Å². The number of methoxy groups -OCH3 is 1. The minimum atomic E-state index is 0.116. The molecule has 0 saturated heterocycles. The topological polar surface area (TPSA) is 85.2 Å². The van der Waals surface area contributed by atoms with Gasteiger partial charge in [0, 0.05) is 0 Å². The number of anilines is 1. The van der Waals surface area contributed by atoms with Crippen LogP contribution in [-0.2, 0) is 0 Å². The van der Waals surface area contributed by atoms with Crippen LogP contribution in [0.3, 0.4) is 0 Å². The number of nitrogens with one attached hydrogen (secondary N) is 2. The minimum absolute atomic E-state index is 0.116. The van der Waals surface area contributed by atoms with Crippen molar-refractivity contribution >= 4 is 28.1 Å². The fourth-order valence-electron chi connectivity index (χ4n) is 2.96. The second-order valence-corrected chi connectivity index (χ2v) is 5.53. The van der Waals surface area contributed by atoms with E-state index in [0.717, 1.165) is 16.7 Å². The number of hydrogen-bond donors (Lipinski definition) is 3. The van der Waals surface area contributed by atoms with Crippen molar-refractivity contribution in [1.82, 2.24) is 9.97 Å². The van der Waals surface area contributed by atoms with Crippen LogP contribution < -0.4 is 9.64 Å². The van der Waals surface area contributed by atoms with Crippen LogP contribution in [0.4, 0.5) is 5.69 Å². The first-order valence-corrected chi connectivity index (χ1v) is 7.55. The maximum absolute atomic E-state index is 10.4. The van der Waals surface area contributed by atoms with Gasteiger partial charge in [-0.3, -0.25) is 5.41 Å². The second-order valence-electron chi connectivity index (χ2n) is 5.53. The minimum Gasteiger partial charge on any atom is -0.509 e. The van der Waals surface area contributed by atoms with E-state index in [2.05, 4.69) is 9.97 Å². The highest BCUT2D eigenvalue weighted by molar-refractivity contribution is 6.30. The summed E-state index contributed by atoms with van der Waals surface area (Å²) in [6.07, 6.45) is 0. The number of ether oxygens (including phenoxy) is 1. The summed E-state index contributed by atoms with van der Waals surface area (Å²) in [5, 5.41) is 18.9. The molecular weight excluding hydrogens is 304 g/mol. The number of amidine groups is 1. The predicted molar refractivity (Wildman–Crippen MR) is 93.7 cm³/mol. The Morgan fingerprint density at radius 2 is 1.92 bits per heavy atom. The molecular formula is C18H16N4O2. The normalized spacial score (nSPS) is 14.7. The molecule has 24 heavy (non-hydrogen) atoms. The van der Waals surface area contributed by atoms with Crippen molar-refractivity contribution in [3.63, 3.8) is 0 Å². The molecule has 4 rings (SSSR count). The van der Waals surface area contributed by atoms with Crippen molar-refractivity contribution in [2.75, 3.05) is 18.6 Å². The lowest BCUT2D eigenvalue weighted by molar-refractivity contribution is 0.406. The molecule has 3 N–H and O–H groups in total. The van der Waals surface area contributed by atoms with Gasteiger partial charge in [-0.15, -0.1) is 0 Å². The molecule has 0 spiro atoms. The molecule has 6 nitrogen and oxygen atoms in total. The third kappa shape index (κ3) is 2.11. The number of nitrogens with zero attached hydrogens (tertiary/aromatic N) is 2. The lowest BCUT2D eigenvalue weighted by Crippen LogP contribution is -2.26. The van der Waals surface area contributed by atoms with Crippen molar-refractivity contribution in [2.45, 2.75) is 0 Å². The summed E-state index contributed by atoms with van der Waals surface area (Å²) in [7, 11) is 1.59. The molecule has 0 amide bonds. The Bertz CT molecular complexity index is 941. The maximum Gasteiger partial charge on any atom is 0.145 e. The number of aromatic amines is 1. The molecule has 0 fully saturated rings. The van der Waals surface area contributed by atoms with Crippen LogP contribution >= 0.6 is 0 Å². The summed E-state index contributed by atoms with van der Waals surface area (Å²) in [6, 6.07) is 15.1. The highest BCUT2D eigenvalue weighted by atomic mass is 16.5. The second kappa shape index (κ2) is 5.42. The van der Waals surface area contributed by atoms with E-state index >= 15 is 0 Å². The van der Waals surface area contributed by atoms with Gasteiger partial charge in [-0.1, -0.05) is 24.3 Å². The zero-order valence-corrected chi connectivity index (χ0v) is 13.1. The first-order chi connectivity index (χ1) is 11.7. The van der Waals surface area contributed by atoms with E-state index in [-0.39, 0.29) is 18.1 Å². The van der Waals surface area contributed by atoms with E-state index in [0.29, 0.717) is 17.1 Å². The molecule has 0 bridgehead atoms. The number of imidazole rings is 1. The van der Waals surface area contributed by atoms with E-state index in [1.807, 2.05) is 48.5 Å². The summed E-state index contributed by atoms with van der Waals surface area (Å²) in [6.45, 7) is 0.214. The SMILES string of the molecule is COc1ccccc1N1CC(O)=C(c2nc3ccccc3[nH]2)C1=N. The monoisotopic (exact) mass is 320 g/mol. The number of aliphatic hydroxyl groups excluding tert-OH is 1. The Morgan fingerprint density at radius 1 is 1.17 bits per heavy atom. The Labute approximate surface area is 138 Å². The Morgan fingerprint density at radius 3 is 2.71 bits per heavy atom. The summed E-state index contributed by atoms with van der Waals surface area (Å²) in [5.74, 6) is 1.46. The van der Waals surface area contributed by atoms with E-state index < -0.39 is 0 Å². The zero-order valence-electron chi connectivity index (χ0n) is 13.1. The predicted octanol–water partition coefficient (Wildman–Crippen LogP) is 3.34. The molecule has 3 aromatic rings. The van der Waals surface area contributed by atoms with Gasteiger partial charge >= 0.3 is 0 Å². The third-order valence-electron chi connectivity index (χ3n) is 4.11. The highest BCUT2D eigenvalue weighted by Gasteiger charge is 2.32. The standard InChI is InChI=1S/C18H16N4O2/c1-24-15-9-5-4-8-13(15)22-10-14(23)16(17(22)19)18-20-11-6-2-3-7-12(11)21-18/h2-9,19,23H,10H2,1H3,(H,20,21). The van der Waals surface area contributed by atoms with Gasteiger partial charge < -0.3 is 19.7 Å². The fourth-order valence-corrected chi connectivity index (χ4v) is 2.96. The van der Waals surface area contributed by atoms with Crippen LogP contribution in [0.15, 0.2) is 54.3 Å². The first-order valence-electron chi connectivity index (χ1n) is 7.55. The summed E-state index contributed by atoms with van der Waals surface area (Å²) in [5.41, 5.74) is 2.83. The molecule has 1 aromatic heterocycles. The summed E-state index contributed by atoms with van der Waals surface area (Å²) >= 11 is 0. The van der Waals surface area contributed by atoms with Crippen molar-refractivity contribution in [1.29, 1.82) is 5.41 Å². The van der Waals surface area contributed by atoms with Gasteiger partial charge in [0.25, 0.3) is 0 Å². The largest absolute Gasteiger partial charge is 0.509 e. The number of rotatable bonds is 3. The van der Waals surface area contributed by atoms with Gasteiger partial charge in [0.2, 0.25) is 0 Å². The number of fused-ring (bicyclic) bond motifs is 1. The van der Waals surface area contributed by atoms with Gasteiger partial charge in [0.15, 0.2) is 0 Å². The smallest absolute Gasteiger partial charge is 0.145 e. The maximum atomic E-state index is 10.4. The average molecular weight is 320 g/mol. The molecule has 120 valence electrons. The van der Waals surface area contributed by atoms with Crippen LogP contribution in [-0.4, -0.2) is 34.6 Å². The van der Waals surface area contributed by atoms with Gasteiger partial charge in [-0.05, 0) is 24.3 Å². The number of aromatic nitrogens is 2. The van der Waals surface area contributed by atoms with Crippen molar-refractivity contribution < 1.29 is 9.84 Å². The Hall–Kier alpha value is -3.28. The number of para-hydroxylation sites is 4. The summed E-state index contributed by atoms with van der Waals surface area (Å²) < 4.78 is 5.37. The van der Waals surface area contributed by atoms with Gasteiger partial charge in [-0.2, -0.15) is 0 Å². The van der Waals surface area contributed by atoms with Crippen molar-refractivity contribution in [3.05, 3.63) is 60.1 Å². The number of hydrogen-bond acceptors (Lipinski definition) is 4. The van der Waals surface area contributed by atoms with Gasteiger partial charge in [0.05, 0.1) is 35.9 Å². The molecule has 0 saturated carbocycles. The van der Waals surface area contributed by atoms with Crippen molar-refractivity contribution in [2.24, 2.45) is 0 Å². The number of H-pyrrole nitrogens is 1. The number of benzene rings is 2. The molecule has 2 aromatic carbocycles. The van der Waals surface area contributed by atoms with E-state index in [1.165, 1.54) is 0 Å². The van der Waals surface area contributed by atoms with Crippen LogP contribution in [0.5, 0.6) is 5.75 Å². The first kappa shape index (κ1) is 14.3. The molecule has 0 radical (unpaired) electrons. The summed E-state index contributed by atoms with van der Waals surface area (Å²) in [4.78, 5) is 9.37. The molecule has 6 heteroatoms. The number of aliphatic hydroxyl groups is 1. The van der Waals surface area contributed by atoms with E-state index in [4.69, 9.17) is 10.1 Å². The van der Waals surface area contributed by atoms with Crippen LogP contribution in [0.2, 0.25) is 0 Å². The Balaban J connectivity index is 1.75. The van der Waals surface area contributed by atoms with Crippen molar-refractivity contribution in [3.8, 4) is 5.75 Å². The average Bonchev–Trinajstić information content (AvgIpc) is 3.15. The van der Waals surface area contributed by atoms with Crippen LogP contribution in [0.25, 0.3) is 16.6 Å². The third-order valence-corrected chi connectivity index (χ3v) is 4.11. The molecule has 1 aliphatic heterocycles. The van der Waals surface area contributed by atoms with Gasteiger partial charge in [0.1, 0.15) is 23.2 Å². The molecule has 0 unspecified atom stereocenters. The van der Waals surface area contributed by atoms with Crippen LogP contribution in [0, 0.1) is 5.41 Å². The lowest BCUT2D eigenvalue weighted by Gasteiger charge is -2.20. The quantitative estimate of drug-likeness (QED) is 0.691. The van der Waals surface area contributed by atoms with Crippen LogP contribution in [0.1, 0.15) is 5.82 Å². The molecule has 1 aliphatic rings. The molecule has 2 heterocycles. The fraction of sp³-hybridized carbons (Fsp3) is 0.111. The molecule has 0 atom stereocenters. The zero-order chi connectivity index (χ0) is 16.7. The van der Waals surface area contributed by atoms with Gasteiger partial charge in [-0.25, -0.2) is 4.98 Å². The highest BCUT2D eigenvalue weighted by Crippen LogP contribution is 2.35.